The average Bonchev–Trinajstić information content (AvgIpc) is 3.61. The number of likely N-dealkylation sites (tertiary alicyclic amines) is 1. The number of carbonyl (C=O) groups excluding carboxylic acids is 4. The summed E-state index contributed by atoms with van der Waals surface area (Å²) in [4.78, 5) is 62.2. The maximum absolute atomic E-state index is 15.6. The lowest BCUT2D eigenvalue weighted by Crippen LogP contribution is -2.66. The molecule has 12 heteroatoms. The summed E-state index contributed by atoms with van der Waals surface area (Å²) in [6, 6.07) is -1.99. The number of hydrogen-bond acceptors (Lipinski definition) is 10. The van der Waals surface area contributed by atoms with Crippen LogP contribution in [0.2, 0.25) is 0 Å². The molecule has 0 bridgehead atoms. The molecule has 51 heavy (non-hydrogen) atoms. The van der Waals surface area contributed by atoms with E-state index in [9.17, 15) is 19.5 Å². The molecule has 0 radical (unpaired) electrons. The topological polar surface area (TPSA) is 158 Å². The highest BCUT2D eigenvalue weighted by atomic mass is 16.6. The fourth-order valence-electron chi connectivity index (χ4n) is 12.5. The van der Waals surface area contributed by atoms with Crippen molar-refractivity contribution in [2.24, 2.45) is 40.7 Å². The Kier molecular flexibility index (Phi) is 11.6. The predicted molar refractivity (Wildman–Crippen MR) is 186 cm³/mol. The lowest BCUT2D eigenvalue weighted by molar-refractivity contribution is -0.190. The molecule has 3 heterocycles. The van der Waals surface area contributed by atoms with Crippen molar-refractivity contribution in [3.63, 3.8) is 0 Å². The molecule has 2 unspecified atom stereocenters. The van der Waals surface area contributed by atoms with Crippen LogP contribution >= 0.6 is 0 Å². The minimum atomic E-state index is -1.36. The van der Waals surface area contributed by atoms with Crippen molar-refractivity contribution >= 4 is 23.9 Å². The number of fused-ring (bicyclic) bond motifs is 3. The van der Waals surface area contributed by atoms with Crippen LogP contribution in [0.1, 0.15) is 116 Å². The first-order chi connectivity index (χ1) is 24.8. The first kappa shape index (κ1) is 37.1. The molecule has 0 aromatic carbocycles. The van der Waals surface area contributed by atoms with E-state index in [1.54, 1.807) is 0 Å². The van der Waals surface area contributed by atoms with Gasteiger partial charge in [-0.3, -0.25) is 19.3 Å². The van der Waals surface area contributed by atoms with E-state index in [1.807, 2.05) is 0 Å². The van der Waals surface area contributed by atoms with Gasteiger partial charge in [0.25, 0.3) is 0 Å². The summed E-state index contributed by atoms with van der Waals surface area (Å²) in [6.45, 7) is 0.455. The summed E-state index contributed by atoms with van der Waals surface area (Å²) in [6.07, 6.45) is 15.9. The number of amides is 3. The minimum absolute atomic E-state index is 0.00194. The van der Waals surface area contributed by atoms with E-state index in [1.165, 1.54) is 24.9 Å². The number of ether oxygens (including phenoxy) is 4. The Bertz CT molecular complexity index is 1260. The second-order valence-electron chi connectivity index (χ2n) is 16.7. The molecule has 7 aliphatic rings. The quantitative estimate of drug-likeness (QED) is 0.246. The third-order valence-electron chi connectivity index (χ3n) is 14.3. The molecule has 4 aliphatic carbocycles. The van der Waals surface area contributed by atoms with Crippen molar-refractivity contribution in [3.05, 3.63) is 0 Å². The second-order valence-corrected chi connectivity index (χ2v) is 16.7. The third-order valence-corrected chi connectivity index (χ3v) is 14.3. The molecule has 3 saturated heterocycles. The van der Waals surface area contributed by atoms with Gasteiger partial charge < -0.3 is 29.8 Å². The van der Waals surface area contributed by atoms with Gasteiger partial charge in [0.1, 0.15) is 18.8 Å². The number of methoxy groups -OCH3 is 1. The highest BCUT2D eigenvalue weighted by molar-refractivity contribution is 6.04. The molecule has 1 spiro atoms. The summed E-state index contributed by atoms with van der Waals surface area (Å²) in [5.41, 5.74) is 5.11. The number of hydrogen-bond donors (Lipinski definition) is 2. The van der Waals surface area contributed by atoms with Gasteiger partial charge in [-0.05, 0) is 87.9 Å². The maximum Gasteiger partial charge on any atom is 0.416 e. The first-order valence-corrected chi connectivity index (χ1v) is 20.3. The average molecular weight is 716 g/mol. The normalized spacial score (nSPS) is 39.5. The molecule has 7 rings (SSSR count). The maximum atomic E-state index is 15.6. The van der Waals surface area contributed by atoms with Gasteiger partial charge in [0.2, 0.25) is 11.8 Å². The van der Waals surface area contributed by atoms with E-state index in [0.29, 0.717) is 12.8 Å². The number of aliphatic hydroxyl groups excluding tert-OH is 1. The lowest BCUT2D eigenvalue weighted by atomic mass is 9.57. The Labute approximate surface area is 302 Å². The lowest BCUT2D eigenvalue weighted by Gasteiger charge is -2.54. The number of rotatable bonds is 10. The molecule has 7 fully saturated rings. The molecule has 0 aromatic rings. The number of carbonyl (C=O) groups is 4. The Morgan fingerprint density at radius 2 is 1.47 bits per heavy atom. The van der Waals surface area contributed by atoms with Crippen molar-refractivity contribution in [2.75, 3.05) is 33.5 Å². The van der Waals surface area contributed by atoms with Gasteiger partial charge in [-0.25, -0.2) is 9.69 Å². The number of nitrogens with zero attached hydrogens (tertiary/aromatic N) is 2. The monoisotopic (exact) mass is 715 g/mol. The van der Waals surface area contributed by atoms with E-state index in [2.05, 4.69) is 4.90 Å². The van der Waals surface area contributed by atoms with Gasteiger partial charge in [-0.1, -0.05) is 51.4 Å². The SMILES string of the molecule is COCCOC(=O)N1C(=O)[C@@]2(C3CCCCC31)[C@H](C(N)=O)[C@H]1C(=O)O[C@H](C3CCCCC3)[C@H](C3CCCCC3)N1[C@@H]2C1CCC(OCCO)CC1. The second kappa shape index (κ2) is 16.0. The van der Waals surface area contributed by atoms with Crippen LogP contribution in [0.4, 0.5) is 4.79 Å². The molecule has 8 atom stereocenters. The van der Waals surface area contributed by atoms with E-state index >= 15 is 4.79 Å². The number of esters is 1. The zero-order chi connectivity index (χ0) is 35.7. The van der Waals surface area contributed by atoms with Gasteiger partial charge in [0, 0.05) is 19.2 Å². The highest BCUT2D eigenvalue weighted by Gasteiger charge is 2.79. The van der Waals surface area contributed by atoms with Crippen LogP contribution in [0.5, 0.6) is 0 Å². The van der Waals surface area contributed by atoms with Crippen molar-refractivity contribution in [3.8, 4) is 0 Å². The van der Waals surface area contributed by atoms with Crippen LogP contribution < -0.4 is 5.73 Å². The summed E-state index contributed by atoms with van der Waals surface area (Å²) in [7, 11) is 1.53. The summed E-state index contributed by atoms with van der Waals surface area (Å²) < 4.78 is 23.4. The van der Waals surface area contributed by atoms with Gasteiger partial charge in [-0.15, -0.1) is 0 Å². The van der Waals surface area contributed by atoms with Crippen LogP contribution in [0.15, 0.2) is 0 Å². The number of nitrogens with two attached hydrogens (primary N) is 1. The van der Waals surface area contributed by atoms with Crippen molar-refractivity contribution in [1.29, 1.82) is 0 Å². The van der Waals surface area contributed by atoms with Gasteiger partial charge in [0.15, 0.2) is 0 Å². The fraction of sp³-hybridized carbons (Fsp3) is 0.897. The van der Waals surface area contributed by atoms with E-state index in [4.69, 9.17) is 24.7 Å². The fourth-order valence-corrected chi connectivity index (χ4v) is 12.5. The standard InChI is InChI=1S/C39H61N3O9/c1-48-22-23-50-38(47)41-29-15-9-8-14-28(29)39(37(41)46)30(35(40)44)32-36(45)51-33(25-12-6-3-7-13-25)31(24-10-4-2-5-11-24)42(32)34(39)26-16-18-27(19-17-26)49-21-20-43/h24-34,43H,2-23H2,1H3,(H2,40,44)/t26?,27?,28?,29?,30-,31-,32-,33+,34+,39-/m0/s1. The molecule has 3 N–H and O–H groups in total. The highest BCUT2D eigenvalue weighted by Crippen LogP contribution is 2.65. The van der Waals surface area contributed by atoms with Gasteiger partial charge in [-0.2, -0.15) is 0 Å². The van der Waals surface area contributed by atoms with Gasteiger partial charge in [0.05, 0.1) is 43.3 Å². The molecule has 0 aromatic heterocycles. The number of imide groups is 1. The number of aliphatic hydroxyl groups is 1. The number of cyclic esters (lactones) is 1. The van der Waals surface area contributed by atoms with Crippen LogP contribution in [0.3, 0.4) is 0 Å². The molecular weight excluding hydrogens is 654 g/mol. The van der Waals surface area contributed by atoms with E-state index in [-0.39, 0.29) is 68.3 Å². The summed E-state index contributed by atoms with van der Waals surface area (Å²) >= 11 is 0. The van der Waals surface area contributed by atoms with Crippen LogP contribution in [0, 0.1) is 35.0 Å². The smallest absolute Gasteiger partial charge is 0.416 e. The third kappa shape index (κ3) is 6.52. The van der Waals surface area contributed by atoms with Crippen LogP contribution in [-0.4, -0.2) is 109 Å². The number of primary amides is 1. The van der Waals surface area contributed by atoms with Crippen LogP contribution in [-0.2, 0) is 33.3 Å². The predicted octanol–water partition coefficient (Wildman–Crippen LogP) is 4.33. The Balaban J connectivity index is 1.38. The van der Waals surface area contributed by atoms with Crippen LogP contribution in [0.25, 0.3) is 0 Å². The summed E-state index contributed by atoms with van der Waals surface area (Å²) in [5.74, 6) is -2.45. The van der Waals surface area contributed by atoms with E-state index < -0.39 is 53.3 Å². The largest absolute Gasteiger partial charge is 0.459 e. The minimum Gasteiger partial charge on any atom is -0.459 e. The molecule has 3 amide bonds. The Hall–Kier alpha value is -2.28. The van der Waals surface area contributed by atoms with E-state index in [0.717, 1.165) is 89.9 Å². The zero-order valence-corrected chi connectivity index (χ0v) is 30.6. The molecule has 286 valence electrons. The van der Waals surface area contributed by atoms with Crippen molar-refractivity contribution in [1.82, 2.24) is 9.80 Å². The molecule has 3 aliphatic heterocycles. The molecule has 4 saturated carbocycles. The number of morpholine rings is 1. The first-order valence-electron chi connectivity index (χ1n) is 20.3. The zero-order valence-electron chi connectivity index (χ0n) is 30.6. The summed E-state index contributed by atoms with van der Waals surface area (Å²) in [5, 5.41) is 9.45. The van der Waals surface area contributed by atoms with Crippen molar-refractivity contribution in [2.45, 2.75) is 152 Å². The Morgan fingerprint density at radius 3 is 2.12 bits per heavy atom. The van der Waals surface area contributed by atoms with Gasteiger partial charge >= 0.3 is 12.1 Å². The Morgan fingerprint density at radius 1 is 0.824 bits per heavy atom. The van der Waals surface area contributed by atoms with Crippen molar-refractivity contribution < 1.29 is 43.2 Å². The molecular formula is C39H61N3O9. The molecule has 12 nitrogen and oxygen atoms in total.